The topological polar surface area (TPSA) is 81.0 Å². The summed E-state index contributed by atoms with van der Waals surface area (Å²) in [6.45, 7) is 0.832. The van der Waals surface area contributed by atoms with Gasteiger partial charge in [-0.2, -0.15) is 0 Å². The third kappa shape index (κ3) is 3.51. The number of fused-ring (bicyclic) bond motifs is 1. The van der Waals surface area contributed by atoms with Gasteiger partial charge in [0.15, 0.2) is 0 Å². The van der Waals surface area contributed by atoms with Gasteiger partial charge in [0.05, 0.1) is 12.1 Å². The molecule has 0 aromatic carbocycles. The molecule has 0 saturated heterocycles. The van der Waals surface area contributed by atoms with Gasteiger partial charge in [0, 0.05) is 5.54 Å². The van der Waals surface area contributed by atoms with Crippen LogP contribution in [-0.4, -0.2) is 22.1 Å². The number of nitrogens with one attached hydrogen (secondary N) is 1. The zero-order valence-electron chi connectivity index (χ0n) is 12.1. The lowest BCUT2D eigenvalue weighted by molar-refractivity contribution is 0.0630. The molecule has 5 nitrogen and oxygen atoms in total. The molecule has 1 saturated carbocycles. The Kier molecular flexibility index (Phi) is 4.37. The van der Waals surface area contributed by atoms with E-state index in [9.17, 15) is 4.79 Å². The Labute approximate surface area is 127 Å². The van der Waals surface area contributed by atoms with Gasteiger partial charge in [0.2, 0.25) is 0 Å². The molecule has 0 aliphatic heterocycles. The monoisotopic (exact) mass is 307 g/mol. The van der Waals surface area contributed by atoms with Crippen LogP contribution in [-0.2, 0) is 11.3 Å². The smallest absolute Gasteiger partial charge is 0.268 e. The van der Waals surface area contributed by atoms with Crippen molar-refractivity contribution in [3.8, 4) is 0 Å². The van der Waals surface area contributed by atoms with Crippen molar-refractivity contribution in [2.45, 2.75) is 50.7 Å². The summed E-state index contributed by atoms with van der Waals surface area (Å²) in [6.07, 6.45) is 6.91. The number of rotatable bonds is 4. The second-order valence-corrected chi connectivity index (χ2v) is 6.83. The summed E-state index contributed by atoms with van der Waals surface area (Å²) >= 11 is 1.40. The average molecular weight is 307 g/mol. The highest BCUT2D eigenvalue weighted by atomic mass is 32.1. The number of thiophene rings is 1. The number of H-pyrrole nitrogens is 1. The van der Waals surface area contributed by atoms with Crippen molar-refractivity contribution < 1.29 is 4.74 Å². The van der Waals surface area contributed by atoms with Crippen molar-refractivity contribution in [2.24, 2.45) is 5.73 Å². The maximum Gasteiger partial charge on any atom is 0.268 e. The molecule has 1 aliphatic rings. The molecule has 1 fully saturated rings. The zero-order chi connectivity index (χ0) is 14.7. The summed E-state index contributed by atoms with van der Waals surface area (Å²) in [5, 5.41) is 1.87. The van der Waals surface area contributed by atoms with Crippen molar-refractivity contribution in [1.29, 1.82) is 0 Å². The minimum atomic E-state index is -0.219. The summed E-state index contributed by atoms with van der Waals surface area (Å²) < 4.78 is 6.41. The van der Waals surface area contributed by atoms with Crippen LogP contribution in [0.2, 0.25) is 0 Å². The number of hydrogen-bond acceptors (Lipinski definition) is 5. The minimum Gasteiger partial charge on any atom is -0.372 e. The van der Waals surface area contributed by atoms with Crippen molar-refractivity contribution in [3.05, 3.63) is 27.6 Å². The molecule has 2 heterocycles. The third-order valence-corrected chi connectivity index (χ3v) is 4.99. The Morgan fingerprint density at radius 1 is 1.33 bits per heavy atom. The molecule has 0 spiro atoms. The van der Waals surface area contributed by atoms with Gasteiger partial charge in [-0.05, 0) is 24.3 Å². The summed E-state index contributed by atoms with van der Waals surface area (Å²) in [5.41, 5.74) is 6.84. The van der Waals surface area contributed by atoms with E-state index in [1.54, 1.807) is 0 Å². The lowest BCUT2D eigenvalue weighted by atomic mass is 9.93. The Balaban J connectivity index is 1.62. The molecule has 3 rings (SSSR count). The number of hydrogen-bond donors (Lipinski definition) is 2. The second-order valence-electron chi connectivity index (χ2n) is 5.92. The normalized spacial score (nSPS) is 18.7. The number of nitrogens with zero attached hydrogens (tertiary/aromatic N) is 1. The first-order valence-corrected chi connectivity index (χ1v) is 8.37. The average Bonchev–Trinajstić information content (AvgIpc) is 2.82. The van der Waals surface area contributed by atoms with E-state index in [1.807, 2.05) is 11.4 Å². The summed E-state index contributed by atoms with van der Waals surface area (Å²) in [7, 11) is 0. The van der Waals surface area contributed by atoms with Gasteiger partial charge in [-0.15, -0.1) is 11.3 Å². The molecule has 2 aromatic heterocycles. The molecule has 6 heteroatoms. The molecule has 0 bridgehead atoms. The van der Waals surface area contributed by atoms with Crippen molar-refractivity contribution in [3.63, 3.8) is 0 Å². The molecular formula is C15H21N3O2S. The summed E-state index contributed by atoms with van der Waals surface area (Å²) in [4.78, 5) is 19.1. The van der Waals surface area contributed by atoms with Gasteiger partial charge < -0.3 is 15.5 Å². The van der Waals surface area contributed by atoms with Gasteiger partial charge in [-0.3, -0.25) is 4.79 Å². The van der Waals surface area contributed by atoms with Crippen LogP contribution < -0.4 is 11.3 Å². The quantitative estimate of drug-likeness (QED) is 0.851. The van der Waals surface area contributed by atoms with E-state index in [0.29, 0.717) is 23.7 Å². The van der Waals surface area contributed by atoms with Crippen LogP contribution in [0.1, 0.15) is 44.3 Å². The van der Waals surface area contributed by atoms with E-state index < -0.39 is 0 Å². The van der Waals surface area contributed by atoms with E-state index in [4.69, 9.17) is 10.5 Å². The van der Waals surface area contributed by atoms with E-state index in [-0.39, 0.29) is 11.1 Å². The number of aromatic nitrogens is 2. The first kappa shape index (κ1) is 14.7. The maximum atomic E-state index is 11.9. The Morgan fingerprint density at radius 3 is 2.86 bits per heavy atom. The molecular weight excluding hydrogens is 286 g/mol. The van der Waals surface area contributed by atoms with Crippen LogP contribution in [0.15, 0.2) is 16.2 Å². The first-order chi connectivity index (χ1) is 10.2. The molecule has 1 aliphatic carbocycles. The molecule has 0 atom stereocenters. The summed E-state index contributed by atoms with van der Waals surface area (Å²) in [6, 6.07) is 1.86. The number of aromatic amines is 1. The van der Waals surface area contributed by atoms with Gasteiger partial charge in [-0.1, -0.05) is 25.7 Å². The highest BCUT2D eigenvalue weighted by Crippen LogP contribution is 2.25. The van der Waals surface area contributed by atoms with Crippen LogP contribution in [0.25, 0.3) is 10.2 Å². The van der Waals surface area contributed by atoms with Gasteiger partial charge in [0.25, 0.3) is 5.56 Å². The number of nitrogens with two attached hydrogens (primary N) is 1. The van der Waals surface area contributed by atoms with Gasteiger partial charge in [0.1, 0.15) is 17.1 Å². The molecule has 114 valence electrons. The SMILES string of the molecule is NC1(COCc2nc3ccsc3c(=O)[nH]2)CCCCCC1. The van der Waals surface area contributed by atoms with Crippen LogP contribution in [0.3, 0.4) is 0 Å². The third-order valence-electron chi connectivity index (χ3n) is 4.09. The molecule has 21 heavy (non-hydrogen) atoms. The zero-order valence-corrected chi connectivity index (χ0v) is 12.9. The van der Waals surface area contributed by atoms with E-state index >= 15 is 0 Å². The van der Waals surface area contributed by atoms with E-state index in [1.165, 1.54) is 37.0 Å². The standard InChI is InChI=1S/C15H21N3O2S/c16-15(6-3-1-2-4-7-15)10-20-9-12-17-11-5-8-21-13(11)14(19)18-12/h5,8H,1-4,6-7,9-10,16H2,(H,17,18,19). The predicted molar refractivity (Wildman–Crippen MR) is 84.5 cm³/mol. The first-order valence-electron chi connectivity index (χ1n) is 7.49. The lowest BCUT2D eigenvalue weighted by Crippen LogP contribution is -2.44. The van der Waals surface area contributed by atoms with Crippen LogP contribution in [0, 0.1) is 0 Å². The minimum absolute atomic E-state index is 0.0921. The highest BCUT2D eigenvalue weighted by molar-refractivity contribution is 7.17. The molecule has 0 unspecified atom stereocenters. The predicted octanol–water partition coefficient (Wildman–Crippen LogP) is 2.55. The van der Waals surface area contributed by atoms with Crippen LogP contribution >= 0.6 is 11.3 Å². The fourth-order valence-electron chi connectivity index (χ4n) is 2.92. The molecule has 0 radical (unpaired) electrons. The largest absolute Gasteiger partial charge is 0.372 e. The lowest BCUT2D eigenvalue weighted by Gasteiger charge is -2.27. The van der Waals surface area contributed by atoms with E-state index in [2.05, 4.69) is 9.97 Å². The number of ether oxygens (including phenoxy) is 1. The summed E-state index contributed by atoms with van der Waals surface area (Å²) in [5.74, 6) is 0.572. The molecule has 2 aromatic rings. The fourth-order valence-corrected chi connectivity index (χ4v) is 3.64. The Hall–Kier alpha value is -1.24. The fraction of sp³-hybridized carbons (Fsp3) is 0.600. The Morgan fingerprint density at radius 2 is 2.10 bits per heavy atom. The maximum absolute atomic E-state index is 11.9. The molecule has 3 N–H and O–H groups in total. The van der Waals surface area contributed by atoms with Crippen molar-refractivity contribution >= 4 is 21.6 Å². The van der Waals surface area contributed by atoms with Crippen molar-refractivity contribution in [1.82, 2.24) is 9.97 Å². The Bertz CT molecular complexity index is 656. The van der Waals surface area contributed by atoms with Crippen LogP contribution in [0.5, 0.6) is 0 Å². The highest BCUT2D eigenvalue weighted by Gasteiger charge is 2.26. The van der Waals surface area contributed by atoms with Crippen molar-refractivity contribution in [2.75, 3.05) is 6.61 Å². The van der Waals surface area contributed by atoms with Gasteiger partial charge >= 0.3 is 0 Å². The van der Waals surface area contributed by atoms with E-state index in [0.717, 1.165) is 18.4 Å². The molecule has 0 amide bonds. The van der Waals surface area contributed by atoms with Gasteiger partial charge in [-0.25, -0.2) is 4.98 Å². The second kappa shape index (κ2) is 6.25. The van der Waals surface area contributed by atoms with Crippen LogP contribution in [0.4, 0.5) is 0 Å².